The lowest BCUT2D eigenvalue weighted by Crippen LogP contribution is -1.69. The number of imidazole rings is 1. The molecular weight excluding hydrogens is 158 g/mol. The van der Waals surface area contributed by atoms with Gasteiger partial charge >= 0.3 is 0 Å². The van der Waals surface area contributed by atoms with E-state index < -0.39 is 0 Å². The molecule has 0 fully saturated rings. The lowest BCUT2D eigenvalue weighted by molar-refractivity contribution is 1.06. The number of aliphatic imine (C=N–C) groups is 1. The van der Waals surface area contributed by atoms with Crippen LogP contribution in [0, 0.1) is 0 Å². The van der Waals surface area contributed by atoms with Crippen molar-refractivity contribution < 1.29 is 0 Å². The molecule has 0 radical (unpaired) electrons. The summed E-state index contributed by atoms with van der Waals surface area (Å²) in [5.74, 6) is 0.701. The first kappa shape index (κ1) is 8.07. The normalized spacial score (nSPS) is 10.7. The quantitative estimate of drug-likeness (QED) is 0.513. The van der Waals surface area contributed by atoms with Crippen molar-refractivity contribution >= 4 is 30.7 Å². The zero-order valence-corrected chi connectivity index (χ0v) is 7.10. The third-order valence-electron chi connectivity index (χ3n) is 1.15. The maximum Gasteiger partial charge on any atom is 0.164 e. The van der Waals surface area contributed by atoms with Crippen LogP contribution in [0.4, 0.5) is 5.82 Å². The summed E-state index contributed by atoms with van der Waals surface area (Å²) in [4.78, 5) is 10.9. The first-order valence-electron chi connectivity index (χ1n) is 3.18. The third kappa shape index (κ3) is 1.71. The minimum atomic E-state index is 0.556. The van der Waals surface area contributed by atoms with Gasteiger partial charge in [-0.05, 0) is 13.0 Å². The Morgan fingerprint density at radius 1 is 1.73 bits per heavy atom. The van der Waals surface area contributed by atoms with Crippen LogP contribution in [-0.2, 0) is 0 Å². The molecule has 0 saturated heterocycles. The van der Waals surface area contributed by atoms with Crippen LogP contribution in [0.1, 0.15) is 12.6 Å². The fraction of sp³-hybridized carbons (Fsp3) is 0.143. The zero-order chi connectivity index (χ0) is 8.27. The van der Waals surface area contributed by atoms with Crippen LogP contribution in [0.5, 0.6) is 0 Å². The standard InChI is InChI=1S/C7H9N3S/c1-3-5-6(8-4-2)10-7(11)9-5/h3-4H,1H2,2H3,(H2,9,10,11)/b8-4-. The smallest absolute Gasteiger partial charge is 0.164 e. The molecule has 1 heterocycles. The summed E-state index contributed by atoms with van der Waals surface area (Å²) in [5.41, 5.74) is 0.730. The molecule has 4 heteroatoms. The molecule has 58 valence electrons. The van der Waals surface area contributed by atoms with Crippen LogP contribution < -0.4 is 0 Å². The molecule has 0 bridgehead atoms. The third-order valence-corrected chi connectivity index (χ3v) is 1.36. The monoisotopic (exact) mass is 167 g/mol. The van der Waals surface area contributed by atoms with E-state index in [2.05, 4.69) is 34.2 Å². The van der Waals surface area contributed by atoms with Gasteiger partial charge in [0.1, 0.15) is 5.69 Å². The van der Waals surface area contributed by atoms with Crippen molar-refractivity contribution in [3.8, 4) is 0 Å². The second kappa shape index (κ2) is 3.39. The SMILES string of the molecule is C=Cc1nc(S)[nH]c1/N=C\C. The van der Waals surface area contributed by atoms with E-state index >= 15 is 0 Å². The molecule has 1 aromatic heterocycles. The molecule has 3 nitrogen and oxygen atoms in total. The Morgan fingerprint density at radius 2 is 2.45 bits per heavy atom. The zero-order valence-electron chi connectivity index (χ0n) is 6.20. The van der Waals surface area contributed by atoms with Crippen molar-refractivity contribution in [2.75, 3.05) is 0 Å². The molecule has 0 aromatic carbocycles. The van der Waals surface area contributed by atoms with Gasteiger partial charge in [-0.25, -0.2) is 9.98 Å². The highest BCUT2D eigenvalue weighted by Crippen LogP contribution is 2.17. The first-order chi connectivity index (χ1) is 5.27. The van der Waals surface area contributed by atoms with Gasteiger partial charge in [-0.2, -0.15) is 0 Å². The van der Waals surface area contributed by atoms with Crippen LogP contribution in [0.15, 0.2) is 16.7 Å². The second-order valence-corrected chi connectivity index (χ2v) is 2.31. The van der Waals surface area contributed by atoms with Gasteiger partial charge in [-0.3, -0.25) is 0 Å². The molecule has 1 rings (SSSR count). The van der Waals surface area contributed by atoms with Gasteiger partial charge in [0, 0.05) is 6.21 Å². The molecule has 0 aliphatic carbocycles. The van der Waals surface area contributed by atoms with Gasteiger partial charge in [-0.15, -0.1) is 12.6 Å². The maximum atomic E-state index is 4.04. The van der Waals surface area contributed by atoms with Crippen molar-refractivity contribution in [1.29, 1.82) is 0 Å². The van der Waals surface area contributed by atoms with Gasteiger partial charge in [-0.1, -0.05) is 6.58 Å². The Morgan fingerprint density at radius 3 is 3.00 bits per heavy atom. The molecule has 1 aromatic rings. The number of aromatic nitrogens is 2. The Kier molecular flexibility index (Phi) is 2.48. The summed E-state index contributed by atoms with van der Waals surface area (Å²) in [5, 5.41) is 0.556. The van der Waals surface area contributed by atoms with Gasteiger partial charge in [0.15, 0.2) is 11.0 Å². The van der Waals surface area contributed by atoms with E-state index in [1.165, 1.54) is 0 Å². The lowest BCUT2D eigenvalue weighted by Gasteiger charge is -1.85. The number of nitrogens with one attached hydrogen (secondary N) is 1. The summed E-state index contributed by atoms with van der Waals surface area (Å²) in [6, 6.07) is 0. The van der Waals surface area contributed by atoms with E-state index in [1.54, 1.807) is 12.3 Å². The summed E-state index contributed by atoms with van der Waals surface area (Å²) in [7, 11) is 0. The Balaban J connectivity index is 3.11. The average Bonchev–Trinajstić information content (AvgIpc) is 2.32. The minimum Gasteiger partial charge on any atom is -0.318 e. The van der Waals surface area contributed by atoms with E-state index in [4.69, 9.17) is 0 Å². The van der Waals surface area contributed by atoms with Crippen molar-refractivity contribution in [3.63, 3.8) is 0 Å². The van der Waals surface area contributed by atoms with Crippen molar-refractivity contribution in [3.05, 3.63) is 12.3 Å². The van der Waals surface area contributed by atoms with Gasteiger partial charge in [0.05, 0.1) is 0 Å². The number of aromatic amines is 1. The number of hydrogen-bond donors (Lipinski definition) is 2. The predicted molar refractivity (Wildman–Crippen MR) is 49.8 cm³/mol. The van der Waals surface area contributed by atoms with Gasteiger partial charge < -0.3 is 4.98 Å². The van der Waals surface area contributed by atoms with E-state index in [0.717, 1.165) is 5.69 Å². The summed E-state index contributed by atoms with van der Waals surface area (Å²) in [6.45, 7) is 5.44. The second-order valence-electron chi connectivity index (χ2n) is 1.89. The first-order valence-corrected chi connectivity index (χ1v) is 3.62. The van der Waals surface area contributed by atoms with Crippen LogP contribution in [0.2, 0.25) is 0 Å². The summed E-state index contributed by atoms with van der Waals surface area (Å²) >= 11 is 4.03. The number of H-pyrrole nitrogens is 1. The van der Waals surface area contributed by atoms with Crippen LogP contribution in [0.25, 0.3) is 6.08 Å². The van der Waals surface area contributed by atoms with Crippen molar-refractivity contribution in [2.45, 2.75) is 12.1 Å². The summed E-state index contributed by atoms with van der Waals surface area (Å²) in [6.07, 6.45) is 3.33. The van der Waals surface area contributed by atoms with E-state index in [0.29, 0.717) is 11.0 Å². The molecule has 0 atom stereocenters. The molecule has 0 aliphatic rings. The van der Waals surface area contributed by atoms with Crippen LogP contribution >= 0.6 is 12.6 Å². The molecule has 0 aliphatic heterocycles. The number of rotatable bonds is 2. The fourth-order valence-corrected chi connectivity index (χ4v) is 0.948. The molecule has 11 heavy (non-hydrogen) atoms. The predicted octanol–water partition coefficient (Wildman–Crippen LogP) is 2.06. The number of nitrogens with zero attached hydrogens (tertiary/aromatic N) is 2. The Labute approximate surface area is 70.7 Å². The largest absolute Gasteiger partial charge is 0.318 e. The highest BCUT2D eigenvalue weighted by molar-refractivity contribution is 7.80. The Hall–Kier alpha value is -1.03. The van der Waals surface area contributed by atoms with Gasteiger partial charge in [0.25, 0.3) is 0 Å². The fourth-order valence-electron chi connectivity index (χ4n) is 0.735. The molecule has 0 amide bonds. The van der Waals surface area contributed by atoms with Crippen LogP contribution in [-0.4, -0.2) is 16.2 Å². The lowest BCUT2D eigenvalue weighted by atomic mass is 10.4. The maximum absolute atomic E-state index is 4.04. The highest BCUT2D eigenvalue weighted by Gasteiger charge is 2.01. The molecule has 0 saturated carbocycles. The highest BCUT2D eigenvalue weighted by atomic mass is 32.1. The molecular formula is C7H9N3S. The van der Waals surface area contributed by atoms with E-state index in [1.807, 2.05) is 6.92 Å². The topological polar surface area (TPSA) is 41.0 Å². The average molecular weight is 167 g/mol. The minimum absolute atomic E-state index is 0.556. The van der Waals surface area contributed by atoms with Gasteiger partial charge in [0.2, 0.25) is 0 Å². The van der Waals surface area contributed by atoms with Crippen molar-refractivity contribution in [1.82, 2.24) is 9.97 Å². The molecule has 1 N–H and O–H groups in total. The van der Waals surface area contributed by atoms with Crippen LogP contribution in [0.3, 0.4) is 0 Å². The number of thiol groups is 1. The molecule has 0 spiro atoms. The van der Waals surface area contributed by atoms with E-state index in [9.17, 15) is 0 Å². The summed E-state index contributed by atoms with van der Waals surface area (Å²) < 4.78 is 0. The van der Waals surface area contributed by atoms with E-state index in [-0.39, 0.29) is 0 Å². The molecule has 0 unspecified atom stereocenters. The number of hydrogen-bond acceptors (Lipinski definition) is 3. The van der Waals surface area contributed by atoms with Crippen molar-refractivity contribution in [2.24, 2.45) is 4.99 Å². The Bertz CT molecular complexity index is 288.